The zero-order chi connectivity index (χ0) is 20.5. The van der Waals surface area contributed by atoms with Crippen LogP contribution >= 0.6 is 24.0 Å². The number of nitrogens with one attached hydrogen (secondary N) is 1. The fourth-order valence-corrected chi connectivity index (χ4v) is 3.75. The predicted molar refractivity (Wildman–Crippen MR) is 134 cm³/mol. The van der Waals surface area contributed by atoms with Crippen LogP contribution in [0.4, 0.5) is 0 Å². The molecule has 1 aliphatic heterocycles. The van der Waals surface area contributed by atoms with Crippen LogP contribution < -0.4 is 10.1 Å². The first kappa shape index (κ1) is 24.5. The molecule has 0 spiro atoms. The van der Waals surface area contributed by atoms with Crippen molar-refractivity contribution < 1.29 is 9.47 Å². The van der Waals surface area contributed by atoms with E-state index in [1.165, 1.54) is 11.1 Å². The summed E-state index contributed by atoms with van der Waals surface area (Å²) in [6.07, 6.45) is 1.99. The standard InChI is InChI=1S/C24H33N3O2.HI/c1-4-29-22-12-10-21(11-13-22)24(14-16-28-17-15-24)19-26-23(27(2)3)25-18-20-8-6-5-7-9-20;/h5-13H,4,14-19H2,1-3H3,(H,25,26);1H. The Morgan fingerprint density at radius 3 is 2.33 bits per heavy atom. The molecule has 0 saturated carbocycles. The SMILES string of the molecule is CCOc1ccc(C2(CNC(=NCc3ccccc3)N(C)C)CCOCC2)cc1.I. The molecule has 1 fully saturated rings. The Bertz CT molecular complexity index is 773. The van der Waals surface area contributed by atoms with Crippen molar-refractivity contribution in [1.82, 2.24) is 10.2 Å². The normalized spacial score (nSPS) is 15.8. The minimum absolute atomic E-state index is 0. The van der Waals surface area contributed by atoms with Gasteiger partial charge >= 0.3 is 0 Å². The molecule has 0 bridgehead atoms. The highest BCUT2D eigenvalue weighted by atomic mass is 127. The maximum Gasteiger partial charge on any atom is 0.193 e. The second kappa shape index (κ2) is 12.2. The lowest BCUT2D eigenvalue weighted by atomic mass is 9.74. The Balaban J connectivity index is 0.00000320. The van der Waals surface area contributed by atoms with Crippen LogP contribution in [0.2, 0.25) is 0 Å². The minimum Gasteiger partial charge on any atom is -0.494 e. The molecular weight excluding hydrogens is 489 g/mol. The average molecular weight is 523 g/mol. The van der Waals surface area contributed by atoms with Gasteiger partial charge in [-0.1, -0.05) is 42.5 Å². The maximum atomic E-state index is 5.68. The number of aliphatic imine (C=N–C) groups is 1. The highest BCUT2D eigenvalue weighted by molar-refractivity contribution is 14.0. The summed E-state index contributed by atoms with van der Waals surface area (Å²) in [5.41, 5.74) is 2.57. The van der Waals surface area contributed by atoms with Gasteiger partial charge in [-0.25, -0.2) is 4.99 Å². The largest absolute Gasteiger partial charge is 0.494 e. The molecule has 3 rings (SSSR count). The van der Waals surface area contributed by atoms with Crippen molar-refractivity contribution in [3.8, 4) is 5.75 Å². The molecule has 1 saturated heterocycles. The molecule has 5 nitrogen and oxygen atoms in total. The van der Waals surface area contributed by atoms with Gasteiger partial charge in [0.15, 0.2) is 5.96 Å². The molecule has 0 radical (unpaired) electrons. The third-order valence-corrected chi connectivity index (χ3v) is 5.49. The highest BCUT2D eigenvalue weighted by Gasteiger charge is 2.34. The Morgan fingerprint density at radius 2 is 1.73 bits per heavy atom. The lowest BCUT2D eigenvalue weighted by molar-refractivity contribution is 0.0512. The Labute approximate surface area is 197 Å². The fourth-order valence-electron chi connectivity index (χ4n) is 3.75. The zero-order valence-corrected chi connectivity index (χ0v) is 20.6. The van der Waals surface area contributed by atoms with Crippen LogP contribution in [0, 0.1) is 0 Å². The Morgan fingerprint density at radius 1 is 1.07 bits per heavy atom. The summed E-state index contributed by atoms with van der Waals surface area (Å²) in [6, 6.07) is 18.9. The van der Waals surface area contributed by atoms with Crippen molar-refractivity contribution in [3.63, 3.8) is 0 Å². The lowest BCUT2D eigenvalue weighted by Gasteiger charge is -2.38. The van der Waals surface area contributed by atoms with Crippen LogP contribution in [0.1, 0.15) is 30.9 Å². The maximum absolute atomic E-state index is 5.68. The van der Waals surface area contributed by atoms with E-state index < -0.39 is 0 Å². The molecule has 2 aromatic rings. The Hall–Kier alpha value is -1.80. The molecule has 0 aromatic heterocycles. The summed E-state index contributed by atoms with van der Waals surface area (Å²) in [6.45, 7) is 5.76. The fraction of sp³-hybridized carbons (Fsp3) is 0.458. The summed E-state index contributed by atoms with van der Waals surface area (Å²) >= 11 is 0. The van der Waals surface area contributed by atoms with Crippen LogP contribution in [-0.4, -0.2) is 51.3 Å². The van der Waals surface area contributed by atoms with E-state index in [0.29, 0.717) is 13.2 Å². The van der Waals surface area contributed by atoms with Crippen molar-refractivity contribution in [2.75, 3.05) is 40.5 Å². The molecule has 1 N–H and O–H groups in total. The van der Waals surface area contributed by atoms with E-state index in [-0.39, 0.29) is 29.4 Å². The van der Waals surface area contributed by atoms with Gasteiger partial charge in [0.2, 0.25) is 0 Å². The average Bonchev–Trinajstić information content (AvgIpc) is 2.75. The van der Waals surface area contributed by atoms with Gasteiger partial charge in [-0.2, -0.15) is 0 Å². The number of halogens is 1. The summed E-state index contributed by atoms with van der Waals surface area (Å²) in [5, 5.41) is 3.63. The number of rotatable bonds is 7. The summed E-state index contributed by atoms with van der Waals surface area (Å²) in [4.78, 5) is 6.87. The zero-order valence-electron chi connectivity index (χ0n) is 18.3. The van der Waals surface area contributed by atoms with E-state index in [2.05, 4.69) is 53.8 Å². The second-order valence-corrected chi connectivity index (χ2v) is 7.72. The molecule has 0 aliphatic carbocycles. The van der Waals surface area contributed by atoms with Crippen molar-refractivity contribution in [1.29, 1.82) is 0 Å². The van der Waals surface area contributed by atoms with Gasteiger partial charge in [-0.15, -0.1) is 24.0 Å². The molecule has 0 amide bonds. The van der Waals surface area contributed by atoms with Crippen LogP contribution in [-0.2, 0) is 16.7 Å². The van der Waals surface area contributed by atoms with Crippen molar-refractivity contribution in [2.45, 2.75) is 31.7 Å². The molecule has 0 atom stereocenters. The van der Waals surface area contributed by atoms with Crippen LogP contribution in [0.5, 0.6) is 5.75 Å². The third-order valence-electron chi connectivity index (χ3n) is 5.49. The van der Waals surface area contributed by atoms with E-state index in [4.69, 9.17) is 14.5 Å². The molecular formula is C24H34IN3O2. The lowest BCUT2D eigenvalue weighted by Crippen LogP contribution is -2.47. The summed E-state index contributed by atoms with van der Waals surface area (Å²) < 4.78 is 11.3. The van der Waals surface area contributed by atoms with Crippen LogP contribution in [0.15, 0.2) is 59.6 Å². The third kappa shape index (κ3) is 6.60. The van der Waals surface area contributed by atoms with Gasteiger partial charge in [0.25, 0.3) is 0 Å². The first-order chi connectivity index (χ1) is 14.1. The van der Waals surface area contributed by atoms with Gasteiger partial charge in [0, 0.05) is 39.3 Å². The van der Waals surface area contributed by atoms with Crippen molar-refractivity contribution in [3.05, 3.63) is 65.7 Å². The number of hydrogen-bond donors (Lipinski definition) is 1. The predicted octanol–water partition coefficient (Wildman–Crippen LogP) is 4.46. The molecule has 0 unspecified atom stereocenters. The molecule has 30 heavy (non-hydrogen) atoms. The van der Waals surface area contributed by atoms with Crippen LogP contribution in [0.25, 0.3) is 0 Å². The van der Waals surface area contributed by atoms with E-state index >= 15 is 0 Å². The first-order valence-electron chi connectivity index (χ1n) is 10.4. The number of benzene rings is 2. The quantitative estimate of drug-likeness (QED) is 0.331. The monoisotopic (exact) mass is 523 g/mol. The van der Waals surface area contributed by atoms with Gasteiger partial charge in [0.1, 0.15) is 5.75 Å². The van der Waals surface area contributed by atoms with Crippen LogP contribution in [0.3, 0.4) is 0 Å². The van der Waals surface area contributed by atoms with E-state index in [9.17, 15) is 0 Å². The Kier molecular flexibility index (Phi) is 9.91. The van der Waals surface area contributed by atoms with Gasteiger partial charge in [-0.3, -0.25) is 0 Å². The van der Waals surface area contributed by atoms with Crippen molar-refractivity contribution in [2.24, 2.45) is 4.99 Å². The number of hydrogen-bond acceptors (Lipinski definition) is 3. The summed E-state index contributed by atoms with van der Waals surface area (Å²) in [7, 11) is 4.06. The second-order valence-electron chi connectivity index (χ2n) is 7.72. The van der Waals surface area contributed by atoms with Gasteiger partial charge < -0.3 is 19.7 Å². The van der Waals surface area contributed by atoms with E-state index in [1.54, 1.807) is 0 Å². The molecule has 2 aromatic carbocycles. The van der Waals surface area contributed by atoms with E-state index in [0.717, 1.165) is 44.3 Å². The number of ether oxygens (including phenoxy) is 2. The molecule has 6 heteroatoms. The topological polar surface area (TPSA) is 46.1 Å². The smallest absolute Gasteiger partial charge is 0.193 e. The highest BCUT2D eigenvalue weighted by Crippen LogP contribution is 2.35. The van der Waals surface area contributed by atoms with Crippen molar-refractivity contribution >= 4 is 29.9 Å². The first-order valence-corrected chi connectivity index (χ1v) is 10.4. The van der Waals surface area contributed by atoms with Gasteiger partial charge in [-0.05, 0) is 43.0 Å². The summed E-state index contributed by atoms with van der Waals surface area (Å²) in [5.74, 6) is 1.83. The number of nitrogens with zero attached hydrogens (tertiary/aromatic N) is 2. The minimum atomic E-state index is 0. The van der Waals surface area contributed by atoms with E-state index in [1.807, 2.05) is 32.0 Å². The molecule has 1 heterocycles. The molecule has 164 valence electrons. The van der Waals surface area contributed by atoms with Gasteiger partial charge in [0.05, 0.1) is 13.2 Å². The number of guanidine groups is 1. The molecule has 1 aliphatic rings.